The standard InChI is InChI=1S/C47H42F6N6.2C2H6/c1-7-8-22-55-33(6)58(37-15-10-9-13-35(14-11-16-37)46(48,49)50)44-32(5)24-34(28-57-44)41-26-29(2)40(25-31(41)4)30(3)27-42-39-17-12-23-56-45(39)59(43(42)54)38-20-18-36(19-21-38)47(51,52)53;2*1-2/h7-8,10,12-13,16-28,35,54H,3,6,11,14-15H2,1-2,4-5H3;2*1-2H3/b8-7-,37-16+,42-27-,54-43?,55-22-;;. The molecule has 1 N–H and O–H groups in total. The molecule has 1 atom stereocenters. The van der Waals surface area contributed by atoms with Gasteiger partial charge in [-0.25, -0.2) is 15.0 Å². The maximum Gasteiger partial charge on any atom is 0.416 e. The van der Waals surface area contributed by atoms with Crippen LogP contribution in [0.4, 0.5) is 43.7 Å². The fourth-order valence-corrected chi connectivity index (χ4v) is 7.09. The Morgan fingerprint density at radius 3 is 2.25 bits per heavy atom. The van der Waals surface area contributed by atoms with Gasteiger partial charge in [-0.3, -0.25) is 15.2 Å². The summed E-state index contributed by atoms with van der Waals surface area (Å²) < 4.78 is 80.7. The first kappa shape index (κ1) is 49.1. The van der Waals surface area contributed by atoms with Gasteiger partial charge >= 0.3 is 12.4 Å². The number of halogens is 6. The molecule has 0 radical (unpaired) electrons. The van der Waals surface area contributed by atoms with E-state index in [0.29, 0.717) is 45.6 Å². The molecule has 63 heavy (non-hydrogen) atoms. The number of amidine groups is 1. The molecule has 1 unspecified atom stereocenters. The number of alkyl halides is 6. The van der Waals surface area contributed by atoms with E-state index < -0.39 is 23.8 Å². The highest BCUT2D eigenvalue weighted by Crippen LogP contribution is 2.43. The van der Waals surface area contributed by atoms with Gasteiger partial charge in [-0.2, -0.15) is 26.3 Å². The molecule has 6 rings (SSSR count). The summed E-state index contributed by atoms with van der Waals surface area (Å²) in [7, 11) is 0. The molecule has 2 aromatic heterocycles. The summed E-state index contributed by atoms with van der Waals surface area (Å²) in [6.07, 6.45) is 6.24. The van der Waals surface area contributed by atoms with E-state index in [1.807, 2.05) is 85.7 Å². The maximum atomic E-state index is 13.6. The van der Waals surface area contributed by atoms with Gasteiger partial charge < -0.3 is 0 Å². The quantitative estimate of drug-likeness (QED) is 0.103. The zero-order valence-electron chi connectivity index (χ0n) is 37.0. The van der Waals surface area contributed by atoms with Crippen molar-refractivity contribution >= 4 is 40.5 Å². The Morgan fingerprint density at radius 2 is 1.62 bits per heavy atom. The molecule has 0 spiro atoms. The molecule has 330 valence electrons. The summed E-state index contributed by atoms with van der Waals surface area (Å²) >= 11 is 0. The van der Waals surface area contributed by atoms with Crippen LogP contribution >= 0.6 is 0 Å². The van der Waals surface area contributed by atoms with Gasteiger partial charge in [-0.15, -0.1) is 5.73 Å². The second-order valence-electron chi connectivity index (χ2n) is 14.3. The van der Waals surface area contributed by atoms with Crippen LogP contribution in [0.5, 0.6) is 0 Å². The third-order valence-corrected chi connectivity index (χ3v) is 10.1. The van der Waals surface area contributed by atoms with Crippen LogP contribution in [0.15, 0.2) is 139 Å². The van der Waals surface area contributed by atoms with E-state index >= 15 is 0 Å². The van der Waals surface area contributed by atoms with Gasteiger partial charge in [0.2, 0.25) is 0 Å². The lowest BCUT2D eigenvalue weighted by molar-refractivity contribution is -0.162. The monoisotopic (exact) mass is 864 g/mol. The molecule has 0 saturated heterocycles. The SMILES string of the molecule is C=C(/C=C1\C(=N)N(c2ccc(C(F)(F)F)cc2)c2ncccc21)c1cc(C)c(-c2cnc(N(C(=C)/N=C\C=C/C)/C3=C/CCC(C(F)(F)F)C=C=CC3)c(C)c2)cc1C.CC.CC. The van der Waals surface area contributed by atoms with Gasteiger partial charge in [0, 0.05) is 53.1 Å². The topological polar surface area (TPSA) is 68.5 Å². The van der Waals surface area contributed by atoms with Gasteiger partial charge in [0.05, 0.1) is 11.5 Å². The lowest BCUT2D eigenvalue weighted by atomic mass is 9.91. The zero-order chi connectivity index (χ0) is 46.6. The van der Waals surface area contributed by atoms with Crippen molar-refractivity contribution in [1.29, 1.82) is 5.41 Å². The minimum Gasteiger partial charge on any atom is -0.283 e. The Hall–Kier alpha value is -6.52. The summed E-state index contributed by atoms with van der Waals surface area (Å²) in [5, 5.41) is 9.10. The number of hydrogen-bond donors (Lipinski definition) is 1. The number of aromatic nitrogens is 2. The van der Waals surface area contributed by atoms with Crippen LogP contribution in [-0.2, 0) is 6.18 Å². The van der Waals surface area contributed by atoms with Crippen molar-refractivity contribution < 1.29 is 26.3 Å². The van der Waals surface area contributed by atoms with Crippen LogP contribution in [0.3, 0.4) is 0 Å². The van der Waals surface area contributed by atoms with Gasteiger partial charge in [0.1, 0.15) is 23.3 Å². The second kappa shape index (κ2) is 21.5. The Morgan fingerprint density at radius 1 is 0.921 bits per heavy atom. The van der Waals surface area contributed by atoms with E-state index in [-0.39, 0.29) is 25.1 Å². The summed E-state index contributed by atoms with van der Waals surface area (Å²) in [6.45, 7) is 24.3. The minimum atomic E-state index is -4.49. The van der Waals surface area contributed by atoms with E-state index in [4.69, 9.17) is 10.4 Å². The first-order valence-corrected chi connectivity index (χ1v) is 20.8. The molecule has 6 nitrogen and oxygen atoms in total. The molecule has 1 aliphatic carbocycles. The number of aryl methyl sites for hydroxylation is 3. The number of fused-ring (bicyclic) bond motifs is 1. The normalized spacial score (nSPS) is 16.6. The summed E-state index contributed by atoms with van der Waals surface area (Å²) in [4.78, 5) is 17.1. The molecule has 0 fully saturated rings. The number of pyridine rings is 2. The third kappa shape index (κ3) is 11.5. The number of rotatable bonds is 9. The molecular weight excluding hydrogens is 811 g/mol. The number of anilines is 3. The van der Waals surface area contributed by atoms with E-state index in [9.17, 15) is 26.3 Å². The number of nitrogens with zero attached hydrogens (tertiary/aromatic N) is 5. The molecule has 4 aromatic rings. The minimum absolute atomic E-state index is 0.0557. The van der Waals surface area contributed by atoms with Crippen molar-refractivity contribution in [3.05, 3.63) is 167 Å². The number of hydrogen-bond acceptors (Lipinski definition) is 5. The number of nitrogens with one attached hydrogen (secondary N) is 1. The van der Waals surface area contributed by atoms with Crippen molar-refractivity contribution in [2.45, 2.75) is 87.0 Å². The molecule has 3 heterocycles. The van der Waals surface area contributed by atoms with Crippen LogP contribution in [0.1, 0.15) is 87.3 Å². The fourth-order valence-electron chi connectivity index (χ4n) is 7.09. The highest BCUT2D eigenvalue weighted by molar-refractivity contribution is 6.36. The van der Waals surface area contributed by atoms with Crippen molar-refractivity contribution in [2.24, 2.45) is 10.9 Å². The summed E-state index contributed by atoms with van der Waals surface area (Å²) in [5.74, 6) is -0.220. The van der Waals surface area contributed by atoms with E-state index in [1.54, 1.807) is 53.9 Å². The predicted molar refractivity (Wildman–Crippen MR) is 248 cm³/mol. The van der Waals surface area contributed by atoms with E-state index in [2.05, 4.69) is 28.9 Å². The Kier molecular flexibility index (Phi) is 16.8. The van der Waals surface area contributed by atoms with E-state index in [0.717, 1.165) is 51.6 Å². The van der Waals surface area contributed by atoms with Gasteiger partial charge in [0.25, 0.3) is 0 Å². The number of benzene rings is 2. The summed E-state index contributed by atoms with van der Waals surface area (Å²) in [5.41, 5.74) is 10.1. The molecule has 0 amide bonds. The Bertz CT molecular complexity index is 2500. The molecule has 2 aromatic carbocycles. The highest BCUT2D eigenvalue weighted by atomic mass is 19.4. The van der Waals surface area contributed by atoms with Gasteiger partial charge in [-0.05, 0) is 141 Å². The smallest absolute Gasteiger partial charge is 0.283 e. The van der Waals surface area contributed by atoms with Crippen LogP contribution in [-0.4, -0.2) is 28.2 Å². The van der Waals surface area contributed by atoms with Crippen LogP contribution < -0.4 is 9.80 Å². The van der Waals surface area contributed by atoms with Crippen molar-refractivity contribution in [3.63, 3.8) is 0 Å². The van der Waals surface area contributed by atoms with Crippen LogP contribution in [0.25, 0.3) is 22.3 Å². The lowest BCUT2D eigenvalue weighted by Crippen LogP contribution is -2.23. The van der Waals surface area contributed by atoms with Crippen molar-refractivity contribution in [2.75, 3.05) is 9.80 Å². The fraction of sp³-hybridized carbons (Fsp3) is 0.275. The molecule has 12 heteroatoms. The number of allylic oxidation sites excluding steroid dienone is 6. The molecule has 0 saturated carbocycles. The number of aliphatic imine (C=N–C) groups is 1. The molecule has 0 bridgehead atoms. The first-order valence-electron chi connectivity index (χ1n) is 20.8. The van der Waals surface area contributed by atoms with Gasteiger partial charge in [0.15, 0.2) is 0 Å². The zero-order valence-corrected chi connectivity index (χ0v) is 37.0. The average Bonchev–Trinajstić information content (AvgIpc) is 3.60. The van der Waals surface area contributed by atoms with E-state index in [1.165, 1.54) is 17.0 Å². The van der Waals surface area contributed by atoms with Crippen molar-refractivity contribution in [1.82, 2.24) is 9.97 Å². The van der Waals surface area contributed by atoms with Crippen LogP contribution in [0.2, 0.25) is 0 Å². The molecule has 2 aliphatic rings. The Balaban J connectivity index is 0.00000212. The predicted octanol–water partition coefficient (Wildman–Crippen LogP) is 15.2. The van der Waals surface area contributed by atoms with Crippen molar-refractivity contribution in [3.8, 4) is 11.1 Å². The molecule has 1 aliphatic heterocycles. The Labute approximate surface area is 367 Å². The largest absolute Gasteiger partial charge is 0.416 e. The maximum absolute atomic E-state index is 13.6. The third-order valence-electron chi connectivity index (χ3n) is 10.1. The first-order chi connectivity index (χ1) is 30.0. The lowest BCUT2D eigenvalue weighted by Gasteiger charge is -2.27. The van der Waals surface area contributed by atoms with Crippen LogP contribution in [0, 0.1) is 32.1 Å². The second-order valence-corrected chi connectivity index (χ2v) is 14.3. The average molecular weight is 865 g/mol. The highest BCUT2D eigenvalue weighted by Gasteiger charge is 2.37. The van der Waals surface area contributed by atoms with Gasteiger partial charge in [-0.1, -0.05) is 65.1 Å². The summed E-state index contributed by atoms with van der Waals surface area (Å²) in [6, 6.07) is 14.3. The molecular formula is C51H54F6N6.